The third kappa shape index (κ3) is 10.8. The van der Waals surface area contributed by atoms with Crippen molar-refractivity contribution in [3.63, 3.8) is 0 Å². The number of hydrogen-bond donors (Lipinski definition) is 0. The molecule has 20 aromatic carbocycles. The van der Waals surface area contributed by atoms with Crippen molar-refractivity contribution in [1.82, 2.24) is 18.3 Å². The van der Waals surface area contributed by atoms with Crippen molar-refractivity contribution < 1.29 is 22.1 Å². The number of benzene rings is 20. The second-order valence-electron chi connectivity index (χ2n) is 34.2. The first-order chi connectivity index (χ1) is 65.5. The lowest BCUT2D eigenvalue weighted by atomic mass is 10.1. The van der Waals surface area contributed by atoms with Gasteiger partial charge in [0.1, 0.15) is 50.2 Å². The van der Waals surface area contributed by atoms with E-state index in [1.165, 1.54) is 170 Å². The van der Waals surface area contributed by atoms with E-state index in [0.29, 0.717) is 0 Å². The van der Waals surface area contributed by atoms with Gasteiger partial charge in [0.05, 0.1) is 71.0 Å². The maximum atomic E-state index is 6.42. The third-order valence-electron chi connectivity index (χ3n) is 27.2. The molecule has 0 saturated heterocycles. The molecular formula is C120H68N4O5S3. The predicted octanol–water partition coefficient (Wildman–Crippen LogP) is 35.7. The van der Waals surface area contributed by atoms with Crippen molar-refractivity contribution in [2.75, 3.05) is 0 Å². The zero-order valence-corrected chi connectivity index (χ0v) is 72.8. The molecule has 0 aliphatic heterocycles. The van der Waals surface area contributed by atoms with E-state index < -0.39 is 0 Å². The highest BCUT2D eigenvalue weighted by Crippen LogP contribution is 2.50. The van der Waals surface area contributed by atoms with Gasteiger partial charge in [0, 0.05) is 159 Å². The summed E-state index contributed by atoms with van der Waals surface area (Å²) in [5.74, 6) is 0. The third-order valence-corrected chi connectivity index (χ3v) is 30.7. The van der Waals surface area contributed by atoms with Crippen LogP contribution in [0.5, 0.6) is 0 Å². The average molecular weight is 1740 g/mol. The molecule has 132 heavy (non-hydrogen) atoms. The van der Waals surface area contributed by atoms with Crippen LogP contribution in [-0.4, -0.2) is 18.3 Å². The molecule has 12 heteroatoms. The Bertz CT molecular complexity index is 10500. The lowest BCUT2D eigenvalue weighted by Gasteiger charge is -2.09. The molecular weight excluding hydrogens is 1670 g/mol. The fourth-order valence-corrected chi connectivity index (χ4v) is 25.0. The van der Waals surface area contributed by atoms with Gasteiger partial charge < -0.3 is 40.4 Å². The molecule has 0 aliphatic carbocycles. The molecule has 9 nitrogen and oxygen atoms in total. The fraction of sp³-hybridized carbons (Fsp3) is 0. The topological polar surface area (TPSA) is 85.4 Å². The van der Waals surface area contributed by atoms with Crippen LogP contribution < -0.4 is 0 Å². The molecule has 0 unspecified atom stereocenters. The maximum Gasteiger partial charge on any atom is 0.159 e. The summed E-state index contributed by atoms with van der Waals surface area (Å²) in [4.78, 5) is 0. The zero-order valence-electron chi connectivity index (χ0n) is 70.3. The van der Waals surface area contributed by atoms with Crippen molar-refractivity contribution >= 4 is 291 Å². The first kappa shape index (κ1) is 73.3. The van der Waals surface area contributed by atoms with Gasteiger partial charge in [0.2, 0.25) is 0 Å². The van der Waals surface area contributed by atoms with Crippen LogP contribution in [0.1, 0.15) is 0 Å². The summed E-state index contributed by atoms with van der Waals surface area (Å²) in [5.41, 5.74) is 23.3. The Hall–Kier alpha value is -16.7. The van der Waals surface area contributed by atoms with E-state index in [9.17, 15) is 0 Å². The van der Waals surface area contributed by atoms with Gasteiger partial charge in [-0.15, -0.1) is 34.0 Å². The first-order valence-electron chi connectivity index (χ1n) is 44.5. The SMILES string of the molecule is c1ccc2c(c1)oc1c(-n3c4ccccc4c4c5oc6ccccc6c5ccc43)cccc12.c1ccc2c(c1)oc1cc3c(cc12)c1ccccc1n3-c1ccc2c(c1)sc1ccccc12.c1ccc2c(c1)oc1ccc3c(c4ccccc4n3-c3cccc4c3sc3ccccc34)c12.c1ccc2c(c1)oc1ccc3c4ccccc4n(-c4ccc5c(c4)sc4ccccc45)c3c12. The number of hydrogen-bond acceptors (Lipinski definition) is 8. The highest BCUT2D eigenvalue weighted by molar-refractivity contribution is 7.27. The van der Waals surface area contributed by atoms with E-state index in [-0.39, 0.29) is 0 Å². The molecule has 12 heterocycles. The van der Waals surface area contributed by atoms with Crippen molar-refractivity contribution in [1.29, 1.82) is 0 Å². The lowest BCUT2D eigenvalue weighted by molar-refractivity contribution is 0.666. The van der Waals surface area contributed by atoms with Gasteiger partial charge >= 0.3 is 0 Å². The summed E-state index contributed by atoms with van der Waals surface area (Å²) in [6.45, 7) is 0. The van der Waals surface area contributed by atoms with E-state index in [1.54, 1.807) is 0 Å². The predicted molar refractivity (Wildman–Crippen MR) is 558 cm³/mol. The van der Waals surface area contributed by atoms with Gasteiger partial charge in [0.25, 0.3) is 0 Å². The van der Waals surface area contributed by atoms with Crippen molar-refractivity contribution in [2.24, 2.45) is 0 Å². The van der Waals surface area contributed by atoms with Crippen molar-refractivity contribution in [2.45, 2.75) is 0 Å². The van der Waals surface area contributed by atoms with Gasteiger partial charge in [0.15, 0.2) is 5.58 Å². The number of aromatic nitrogens is 4. The van der Waals surface area contributed by atoms with Crippen LogP contribution in [0.4, 0.5) is 0 Å². The van der Waals surface area contributed by atoms with Gasteiger partial charge in [-0.05, 0) is 152 Å². The van der Waals surface area contributed by atoms with E-state index in [1.807, 2.05) is 82.5 Å². The van der Waals surface area contributed by atoms with Gasteiger partial charge in [-0.1, -0.05) is 255 Å². The largest absolute Gasteiger partial charge is 0.456 e. The van der Waals surface area contributed by atoms with Crippen molar-refractivity contribution in [3.8, 4) is 22.7 Å². The zero-order chi connectivity index (χ0) is 86.1. The lowest BCUT2D eigenvalue weighted by Crippen LogP contribution is -1.94. The Morgan fingerprint density at radius 1 is 0.159 bits per heavy atom. The highest BCUT2D eigenvalue weighted by Gasteiger charge is 2.27. The van der Waals surface area contributed by atoms with Crippen molar-refractivity contribution in [3.05, 3.63) is 413 Å². The number of fused-ring (bicyclic) bond motifs is 39. The summed E-state index contributed by atoms with van der Waals surface area (Å²) in [7, 11) is 0. The summed E-state index contributed by atoms with van der Waals surface area (Å²) in [5, 5.41) is 29.3. The molecule has 0 bridgehead atoms. The second-order valence-corrected chi connectivity index (χ2v) is 37.5. The van der Waals surface area contributed by atoms with E-state index >= 15 is 0 Å². The molecule has 0 aliphatic rings. The summed E-state index contributed by atoms with van der Waals surface area (Å²) >= 11 is 5.59. The Labute approximate surface area is 761 Å². The van der Waals surface area contributed by atoms with Gasteiger partial charge in [-0.2, -0.15) is 0 Å². The van der Waals surface area contributed by atoms with Crippen LogP contribution in [-0.2, 0) is 0 Å². The molecule has 0 radical (unpaired) electrons. The van der Waals surface area contributed by atoms with Crippen LogP contribution >= 0.6 is 34.0 Å². The van der Waals surface area contributed by atoms with Gasteiger partial charge in [-0.25, -0.2) is 0 Å². The minimum atomic E-state index is 0.894. The highest BCUT2D eigenvalue weighted by atomic mass is 32.1. The number of para-hydroxylation sites is 10. The number of rotatable bonds is 4. The van der Waals surface area contributed by atoms with Crippen LogP contribution in [0.25, 0.3) is 280 Å². The monoisotopic (exact) mass is 1740 g/mol. The smallest absolute Gasteiger partial charge is 0.159 e. The van der Waals surface area contributed by atoms with Gasteiger partial charge in [-0.3, -0.25) is 0 Å². The molecule has 0 N–H and O–H groups in total. The molecule has 32 rings (SSSR count). The molecule has 616 valence electrons. The van der Waals surface area contributed by atoms with Crippen LogP contribution in [0.2, 0.25) is 0 Å². The number of nitrogens with zero attached hydrogens (tertiary/aromatic N) is 4. The molecule has 0 amide bonds. The summed E-state index contributed by atoms with van der Waals surface area (Å²) in [6.07, 6.45) is 0. The minimum absolute atomic E-state index is 0.894. The minimum Gasteiger partial charge on any atom is -0.456 e. The van der Waals surface area contributed by atoms with Crippen LogP contribution in [0.15, 0.2) is 435 Å². The molecule has 0 atom stereocenters. The first-order valence-corrected chi connectivity index (χ1v) is 46.9. The van der Waals surface area contributed by atoms with E-state index in [2.05, 4.69) is 382 Å². The summed E-state index contributed by atoms with van der Waals surface area (Å²) < 4.78 is 49.0. The van der Waals surface area contributed by atoms with Crippen LogP contribution in [0.3, 0.4) is 0 Å². The number of thiophene rings is 3. The fourth-order valence-electron chi connectivity index (χ4n) is 21.6. The number of furan rings is 5. The molecule has 0 saturated carbocycles. The molecule has 0 fully saturated rings. The molecule has 12 aromatic heterocycles. The summed E-state index contributed by atoms with van der Waals surface area (Å²) in [6, 6.07) is 146. The quantitative estimate of drug-likeness (QED) is 0.175. The second kappa shape index (κ2) is 28.4. The Morgan fingerprint density at radius 2 is 0.538 bits per heavy atom. The molecule has 0 spiro atoms. The Morgan fingerprint density at radius 3 is 1.16 bits per heavy atom. The standard InChI is InChI=1S/C30H17NO2.3C30H17NOS/c1-4-12-23-22(10-1)28-24(17-16-21-19-9-3-6-15-27(19)33-30(21)28)31(23)25-13-7-11-20-18-8-2-5-14-26(18)32-29(20)25;1-4-12-22-20(9-1)28-23(16-17-26-29(28)21-10-2-5-14-25(21)32-26)31(22)24-13-7-11-19-18-8-3-6-15-27(18)33-30(19)24;1-4-10-24-19(7-1)22-15-16-26-29(23-9-2-5-11-25(23)32-26)30(22)31(24)18-13-14-21-20-8-3-6-12-27(20)33-28(21)17-18;1-4-10-25-19(7-1)23-16-24-20-8-2-5-11-27(20)32-28(24)17-26(23)31(25)18-13-14-22-21-9-3-6-12-29(21)33-30(22)15-18/h4*1-17H. The van der Waals surface area contributed by atoms with E-state index in [4.69, 9.17) is 22.1 Å². The normalized spacial score (nSPS) is 12.2. The Kier molecular flexibility index (Phi) is 15.8. The Balaban J connectivity index is 0.0000000862. The molecule has 32 aromatic rings. The van der Waals surface area contributed by atoms with Crippen LogP contribution in [0, 0.1) is 0 Å². The average Bonchev–Trinajstić information content (AvgIpc) is 1.55. The van der Waals surface area contributed by atoms with E-state index in [0.717, 1.165) is 110 Å². The maximum absolute atomic E-state index is 6.42.